The third-order valence-corrected chi connectivity index (χ3v) is 5.64. The van der Waals surface area contributed by atoms with E-state index in [1.54, 1.807) is 36.3 Å². The highest BCUT2D eigenvalue weighted by molar-refractivity contribution is 5.87. The molecule has 0 spiro atoms. The third kappa shape index (κ3) is 4.74. The van der Waals surface area contributed by atoms with Gasteiger partial charge in [-0.25, -0.2) is 27.6 Å². The number of piperidine rings is 1. The Kier molecular flexibility index (Phi) is 6.55. The van der Waals surface area contributed by atoms with Gasteiger partial charge < -0.3 is 20.3 Å². The van der Waals surface area contributed by atoms with Gasteiger partial charge in [0, 0.05) is 18.3 Å². The summed E-state index contributed by atoms with van der Waals surface area (Å²) < 4.78 is 61.2. The van der Waals surface area contributed by atoms with Crippen molar-refractivity contribution in [3.63, 3.8) is 0 Å². The maximum absolute atomic E-state index is 14.5. The summed E-state index contributed by atoms with van der Waals surface area (Å²) in [4.78, 5) is 5.87. The van der Waals surface area contributed by atoms with Gasteiger partial charge in [0.2, 0.25) is 11.8 Å². The van der Waals surface area contributed by atoms with Gasteiger partial charge in [-0.15, -0.1) is 5.10 Å². The van der Waals surface area contributed by atoms with E-state index < -0.39 is 24.9 Å². The van der Waals surface area contributed by atoms with E-state index in [0.29, 0.717) is 23.2 Å². The van der Waals surface area contributed by atoms with Crippen LogP contribution in [0.3, 0.4) is 0 Å². The van der Waals surface area contributed by atoms with E-state index in [1.807, 2.05) is 0 Å². The van der Waals surface area contributed by atoms with E-state index >= 15 is 0 Å². The van der Waals surface area contributed by atoms with Crippen molar-refractivity contribution in [3.05, 3.63) is 30.5 Å². The Morgan fingerprint density at radius 1 is 1.32 bits per heavy atom. The van der Waals surface area contributed by atoms with Gasteiger partial charge in [-0.3, -0.25) is 0 Å². The molecule has 3 heterocycles. The van der Waals surface area contributed by atoms with Crippen molar-refractivity contribution in [1.29, 1.82) is 5.53 Å². The van der Waals surface area contributed by atoms with Gasteiger partial charge in [0.25, 0.3) is 12.3 Å². The summed E-state index contributed by atoms with van der Waals surface area (Å²) in [6.07, 6.45) is -0.720. The summed E-state index contributed by atoms with van der Waals surface area (Å²) in [7, 11) is 3.06. The summed E-state index contributed by atoms with van der Waals surface area (Å²) in [6, 6.07) is 5.41. The molecule has 1 fully saturated rings. The van der Waals surface area contributed by atoms with Crippen LogP contribution in [0.2, 0.25) is 0 Å². The van der Waals surface area contributed by atoms with Crippen molar-refractivity contribution in [2.45, 2.75) is 24.8 Å². The fourth-order valence-corrected chi connectivity index (χ4v) is 4.00. The fraction of sp³-hybridized carbons (Fsp3) is 0.429. The number of halogens is 4. The van der Waals surface area contributed by atoms with Gasteiger partial charge in [-0.05, 0) is 37.2 Å². The predicted molar refractivity (Wildman–Crippen MR) is 119 cm³/mol. The Bertz CT molecular complexity index is 1190. The first-order valence-electron chi connectivity index (χ1n) is 10.5. The van der Waals surface area contributed by atoms with Crippen molar-refractivity contribution in [1.82, 2.24) is 19.5 Å². The average molecular weight is 480 g/mol. The second-order valence-electron chi connectivity index (χ2n) is 8.07. The normalized spacial score (nSPS) is 18.3. The first kappa shape index (κ1) is 23.7. The number of fused-ring (bicyclic) bond motifs is 1. The molecule has 0 amide bonds. The lowest BCUT2D eigenvalue weighted by Crippen LogP contribution is -2.53. The Labute approximate surface area is 192 Å². The zero-order chi connectivity index (χ0) is 24.5. The molecule has 1 aliphatic rings. The smallest absolute Gasteiger partial charge is 0.280 e. The van der Waals surface area contributed by atoms with Crippen LogP contribution in [0, 0.1) is 5.53 Å². The predicted octanol–water partition coefficient (Wildman–Crippen LogP) is 4.50. The summed E-state index contributed by atoms with van der Waals surface area (Å²) >= 11 is 0. The molecule has 1 aromatic carbocycles. The number of rotatable bonds is 8. The van der Waals surface area contributed by atoms with Crippen LogP contribution in [0.5, 0.6) is 5.88 Å². The summed E-state index contributed by atoms with van der Waals surface area (Å²) in [5, 5.41) is 13.0. The first-order valence-corrected chi connectivity index (χ1v) is 10.5. The van der Waals surface area contributed by atoms with Gasteiger partial charge in [0.1, 0.15) is 11.2 Å². The number of nitrogens with one attached hydrogen (secondary N) is 3. The highest BCUT2D eigenvalue weighted by Gasteiger charge is 2.44. The van der Waals surface area contributed by atoms with Crippen molar-refractivity contribution in [2.24, 2.45) is 5.11 Å². The Morgan fingerprint density at radius 2 is 2.12 bits per heavy atom. The minimum Gasteiger partial charge on any atom is -0.479 e. The van der Waals surface area contributed by atoms with Crippen LogP contribution >= 0.6 is 0 Å². The monoisotopic (exact) mass is 480 g/mol. The Balaban J connectivity index is 1.69. The highest BCUT2D eigenvalue weighted by Crippen LogP contribution is 2.36. The van der Waals surface area contributed by atoms with Crippen LogP contribution in [0.4, 0.5) is 34.9 Å². The zero-order valence-corrected chi connectivity index (χ0v) is 18.5. The highest BCUT2D eigenvalue weighted by atomic mass is 19.3. The molecule has 3 N–H and O–H groups in total. The number of hydrogen-bond acceptors (Lipinski definition) is 8. The quantitative estimate of drug-likeness (QED) is 0.324. The van der Waals surface area contributed by atoms with Crippen LogP contribution < -0.4 is 15.4 Å². The fourth-order valence-electron chi connectivity index (χ4n) is 4.00. The molecule has 4 rings (SSSR count). The largest absolute Gasteiger partial charge is 0.479 e. The number of benzene rings is 1. The lowest BCUT2D eigenvalue weighted by molar-refractivity contribution is -0.0675. The molecule has 13 heteroatoms. The molecule has 0 bridgehead atoms. The number of likely N-dealkylation sites (tertiary alicyclic amines) is 1. The topological polar surface area (TPSA) is 103 Å². The van der Waals surface area contributed by atoms with E-state index in [0.717, 1.165) is 0 Å². The van der Waals surface area contributed by atoms with Gasteiger partial charge in [0.15, 0.2) is 0 Å². The van der Waals surface area contributed by atoms with Gasteiger partial charge in [-0.2, -0.15) is 10.1 Å². The maximum Gasteiger partial charge on any atom is 0.280 e. The second kappa shape index (κ2) is 9.41. The second-order valence-corrected chi connectivity index (χ2v) is 8.07. The molecule has 0 saturated carbocycles. The standard InChI is InChI=1S/C21H24F4N8O/c1-32-7-6-16(21(24,25)11-32)28-20-29-19(34-2)18-13(5-8-33(18)31-20)12-3-4-14(30-26)15(9-12)27-10-17(22)23/h3-5,8-9,16-17,26-27H,6-7,10-11H2,1-2H3,(H,28,31)/t16-/m1/s1. The first-order chi connectivity index (χ1) is 16.2. The molecule has 2 aromatic heterocycles. The number of alkyl halides is 4. The van der Waals surface area contributed by atoms with Crippen molar-refractivity contribution in [2.75, 3.05) is 44.4 Å². The van der Waals surface area contributed by atoms with E-state index in [-0.39, 0.29) is 36.2 Å². The molecule has 1 saturated heterocycles. The minimum atomic E-state index is -2.95. The summed E-state index contributed by atoms with van der Waals surface area (Å²) in [6.45, 7) is -0.436. The van der Waals surface area contributed by atoms with E-state index in [9.17, 15) is 17.6 Å². The van der Waals surface area contributed by atoms with Gasteiger partial charge >= 0.3 is 0 Å². The number of nitrogens with zero attached hydrogens (tertiary/aromatic N) is 5. The lowest BCUT2D eigenvalue weighted by Gasteiger charge is -2.36. The van der Waals surface area contributed by atoms with E-state index in [1.165, 1.54) is 17.7 Å². The average Bonchev–Trinajstić information content (AvgIpc) is 3.22. The molecule has 9 nitrogen and oxygen atoms in total. The summed E-state index contributed by atoms with van der Waals surface area (Å²) in [5.74, 6) is -2.79. The van der Waals surface area contributed by atoms with Crippen LogP contribution in [0.1, 0.15) is 6.42 Å². The molecule has 3 aromatic rings. The Hall–Kier alpha value is -3.48. The number of anilines is 2. The molecular weight excluding hydrogens is 456 g/mol. The van der Waals surface area contributed by atoms with Crippen LogP contribution in [0.25, 0.3) is 16.6 Å². The number of ether oxygens (including phenoxy) is 1. The van der Waals surface area contributed by atoms with Crippen LogP contribution in [0.15, 0.2) is 35.6 Å². The third-order valence-electron chi connectivity index (χ3n) is 5.64. The van der Waals surface area contributed by atoms with E-state index in [2.05, 4.69) is 25.8 Å². The van der Waals surface area contributed by atoms with Crippen LogP contribution in [-0.4, -0.2) is 71.7 Å². The van der Waals surface area contributed by atoms with Crippen molar-refractivity contribution >= 4 is 22.8 Å². The molecule has 182 valence electrons. The molecule has 0 radical (unpaired) electrons. The minimum absolute atomic E-state index is 0.00312. The molecule has 34 heavy (non-hydrogen) atoms. The summed E-state index contributed by atoms with van der Waals surface area (Å²) in [5.41, 5.74) is 9.47. The zero-order valence-electron chi connectivity index (χ0n) is 18.5. The molecule has 0 unspecified atom stereocenters. The Morgan fingerprint density at radius 3 is 2.79 bits per heavy atom. The SMILES string of the molecule is COc1nc(N[C@@H]2CCN(C)CC2(F)F)nn2ccc(-c3ccc(N=N)c(NCC(F)F)c3)c12. The maximum atomic E-state index is 14.5. The number of hydrogen-bond donors (Lipinski definition) is 3. The number of methoxy groups -OCH3 is 1. The van der Waals surface area contributed by atoms with Crippen molar-refractivity contribution < 1.29 is 22.3 Å². The van der Waals surface area contributed by atoms with Gasteiger partial charge in [0.05, 0.1) is 31.9 Å². The molecule has 0 aliphatic carbocycles. The number of aromatic nitrogens is 3. The van der Waals surface area contributed by atoms with Crippen LogP contribution in [-0.2, 0) is 0 Å². The molecule has 1 aliphatic heterocycles. The lowest BCUT2D eigenvalue weighted by atomic mass is 10.0. The van der Waals surface area contributed by atoms with Crippen molar-refractivity contribution in [3.8, 4) is 17.0 Å². The molecular formula is C21H24F4N8O. The van der Waals surface area contributed by atoms with Gasteiger partial charge in [-0.1, -0.05) is 6.07 Å². The molecule has 1 atom stereocenters. The van der Waals surface area contributed by atoms with E-state index in [4.69, 9.17) is 10.3 Å².